The van der Waals surface area contributed by atoms with Crippen LogP contribution in [0.3, 0.4) is 0 Å². The predicted octanol–water partition coefficient (Wildman–Crippen LogP) is 0.0831. The van der Waals surface area contributed by atoms with Crippen molar-refractivity contribution in [2.24, 2.45) is 0 Å². The molecule has 0 spiro atoms. The number of piperazine rings is 1. The van der Waals surface area contributed by atoms with E-state index < -0.39 is 22.2 Å². The van der Waals surface area contributed by atoms with Gasteiger partial charge in [0.15, 0.2) is 0 Å². The highest BCUT2D eigenvalue weighted by Gasteiger charge is 2.44. The number of H-pyrrole nitrogens is 1. The molecule has 0 bridgehead atoms. The first-order chi connectivity index (χ1) is 15.1. The average molecular weight is 469 g/mol. The monoisotopic (exact) mass is 468 g/mol. The first kappa shape index (κ1) is 22.5. The van der Waals surface area contributed by atoms with E-state index in [9.17, 15) is 22.4 Å². The molecule has 32 heavy (non-hydrogen) atoms. The van der Waals surface area contributed by atoms with Crippen molar-refractivity contribution in [2.75, 3.05) is 40.3 Å². The summed E-state index contributed by atoms with van der Waals surface area (Å²) in [4.78, 5) is 30.4. The molecule has 1 atom stereocenters. The SMILES string of the molecule is CN(C)C(=O)N1CCN(S(=O)(=O)N2CCc3c([nH]c4cc(F)ccc34)C2)[C@@H](C(=O)NO)C1. The van der Waals surface area contributed by atoms with Crippen molar-refractivity contribution >= 4 is 33.1 Å². The van der Waals surface area contributed by atoms with Crippen LogP contribution in [0.15, 0.2) is 18.2 Å². The van der Waals surface area contributed by atoms with Gasteiger partial charge in [-0.05, 0) is 30.2 Å². The van der Waals surface area contributed by atoms with E-state index >= 15 is 0 Å². The molecule has 1 saturated heterocycles. The Morgan fingerprint density at radius 1 is 1.25 bits per heavy atom. The van der Waals surface area contributed by atoms with Gasteiger partial charge in [0.25, 0.3) is 16.1 Å². The zero-order valence-electron chi connectivity index (χ0n) is 17.7. The van der Waals surface area contributed by atoms with Gasteiger partial charge in [0.1, 0.15) is 11.9 Å². The number of hydrogen-bond donors (Lipinski definition) is 3. The second-order valence-corrected chi connectivity index (χ2v) is 9.97. The van der Waals surface area contributed by atoms with Crippen molar-refractivity contribution in [3.8, 4) is 0 Å². The van der Waals surface area contributed by atoms with Crippen LogP contribution in [0.1, 0.15) is 11.3 Å². The predicted molar refractivity (Wildman–Crippen MR) is 112 cm³/mol. The van der Waals surface area contributed by atoms with Gasteiger partial charge in [-0.15, -0.1) is 0 Å². The summed E-state index contributed by atoms with van der Waals surface area (Å²) >= 11 is 0. The van der Waals surface area contributed by atoms with Crippen LogP contribution >= 0.6 is 0 Å². The van der Waals surface area contributed by atoms with Crippen molar-refractivity contribution < 1.29 is 27.6 Å². The summed E-state index contributed by atoms with van der Waals surface area (Å²) in [6.07, 6.45) is 0.427. The number of urea groups is 1. The molecule has 2 aromatic rings. The third-order valence-electron chi connectivity index (χ3n) is 5.92. The van der Waals surface area contributed by atoms with Crippen LogP contribution in [0, 0.1) is 5.82 Å². The lowest BCUT2D eigenvalue weighted by molar-refractivity contribution is -0.134. The molecule has 3 heterocycles. The van der Waals surface area contributed by atoms with E-state index in [1.165, 1.54) is 31.7 Å². The summed E-state index contributed by atoms with van der Waals surface area (Å²) in [5.74, 6) is -1.30. The van der Waals surface area contributed by atoms with Gasteiger partial charge in [-0.3, -0.25) is 10.0 Å². The fraction of sp³-hybridized carbons (Fsp3) is 0.474. The Morgan fingerprint density at radius 2 is 2.00 bits per heavy atom. The molecule has 174 valence electrons. The van der Waals surface area contributed by atoms with E-state index in [4.69, 9.17) is 5.21 Å². The molecular weight excluding hydrogens is 443 g/mol. The molecule has 0 unspecified atom stereocenters. The molecule has 0 radical (unpaired) electrons. The first-order valence-electron chi connectivity index (χ1n) is 10.1. The molecule has 0 aliphatic carbocycles. The minimum absolute atomic E-state index is 0.0400. The Labute approximate surface area is 184 Å². The number of halogens is 1. The number of nitrogens with one attached hydrogen (secondary N) is 2. The number of amides is 3. The van der Waals surface area contributed by atoms with Gasteiger partial charge in [-0.25, -0.2) is 14.7 Å². The van der Waals surface area contributed by atoms with E-state index in [2.05, 4.69) is 4.98 Å². The number of carbonyl (C=O) groups excluding carboxylic acids is 2. The Kier molecular flexibility index (Phi) is 5.83. The van der Waals surface area contributed by atoms with Gasteiger partial charge in [-0.2, -0.15) is 17.0 Å². The van der Waals surface area contributed by atoms with Crippen molar-refractivity contribution in [2.45, 2.75) is 19.0 Å². The third-order valence-corrected chi connectivity index (χ3v) is 7.92. The van der Waals surface area contributed by atoms with Crippen LogP contribution in [0.2, 0.25) is 0 Å². The molecule has 3 N–H and O–H groups in total. The Balaban J connectivity index is 1.60. The molecule has 11 nitrogen and oxygen atoms in total. The average Bonchev–Trinajstić information content (AvgIpc) is 3.14. The Morgan fingerprint density at radius 3 is 2.69 bits per heavy atom. The minimum atomic E-state index is -4.10. The fourth-order valence-electron chi connectivity index (χ4n) is 4.33. The lowest BCUT2D eigenvalue weighted by atomic mass is 10.0. The maximum atomic E-state index is 13.6. The van der Waals surface area contributed by atoms with E-state index in [0.29, 0.717) is 17.6 Å². The van der Waals surface area contributed by atoms with Gasteiger partial charge in [0, 0.05) is 56.9 Å². The molecular formula is C19H25FN6O5S. The van der Waals surface area contributed by atoms with Crippen molar-refractivity contribution in [1.29, 1.82) is 0 Å². The molecule has 4 rings (SSSR count). The number of carbonyl (C=O) groups is 2. The molecule has 1 fully saturated rings. The van der Waals surface area contributed by atoms with Gasteiger partial charge >= 0.3 is 6.03 Å². The topological polar surface area (TPSA) is 129 Å². The summed E-state index contributed by atoms with van der Waals surface area (Å²) in [5, 5.41) is 10.0. The Hall–Kier alpha value is -2.74. The van der Waals surface area contributed by atoms with Crippen molar-refractivity contribution in [1.82, 2.24) is 28.9 Å². The van der Waals surface area contributed by atoms with E-state index in [0.717, 1.165) is 15.3 Å². The van der Waals surface area contributed by atoms with Crippen LogP contribution in [-0.4, -0.2) is 95.3 Å². The summed E-state index contributed by atoms with van der Waals surface area (Å²) in [6, 6.07) is 2.78. The standard InChI is InChI=1S/C19H25FN6O5S/c1-23(2)19(28)24-7-8-26(17(11-24)18(27)22-29)32(30,31)25-6-5-14-13-4-3-12(20)9-15(13)21-16(14)10-25/h3-4,9,17,21,29H,5-8,10-11H2,1-2H3,(H,22,27)/t17-/m1/s1. The summed E-state index contributed by atoms with van der Waals surface area (Å²) < 4.78 is 42.8. The molecule has 2 aliphatic rings. The molecule has 13 heteroatoms. The smallest absolute Gasteiger partial charge is 0.319 e. The maximum absolute atomic E-state index is 13.6. The lowest BCUT2D eigenvalue weighted by Crippen LogP contribution is -2.64. The van der Waals surface area contributed by atoms with Crippen LogP contribution < -0.4 is 5.48 Å². The highest BCUT2D eigenvalue weighted by Crippen LogP contribution is 2.30. The number of fused-ring (bicyclic) bond motifs is 3. The summed E-state index contributed by atoms with van der Waals surface area (Å²) in [7, 11) is -0.979. The highest BCUT2D eigenvalue weighted by atomic mass is 32.2. The summed E-state index contributed by atoms with van der Waals surface area (Å²) in [5.41, 5.74) is 3.72. The second kappa shape index (κ2) is 8.31. The fourth-order valence-corrected chi connectivity index (χ4v) is 6.04. The number of nitrogens with zero attached hydrogens (tertiary/aromatic N) is 4. The maximum Gasteiger partial charge on any atom is 0.319 e. The zero-order valence-corrected chi connectivity index (χ0v) is 18.5. The van der Waals surface area contributed by atoms with Crippen molar-refractivity contribution in [3.05, 3.63) is 35.3 Å². The van der Waals surface area contributed by atoms with Crippen LogP contribution in [0.4, 0.5) is 9.18 Å². The number of hydrogen-bond acceptors (Lipinski definition) is 5. The van der Waals surface area contributed by atoms with Gasteiger partial charge in [0.2, 0.25) is 0 Å². The van der Waals surface area contributed by atoms with Gasteiger partial charge in [0.05, 0.1) is 6.54 Å². The van der Waals surface area contributed by atoms with Gasteiger partial charge < -0.3 is 14.8 Å². The quantitative estimate of drug-likeness (QED) is 0.434. The summed E-state index contributed by atoms with van der Waals surface area (Å²) in [6.45, 7) is 0.0487. The molecule has 3 amide bonds. The number of aromatic amines is 1. The Bertz CT molecular complexity index is 1170. The second-order valence-electron chi connectivity index (χ2n) is 8.09. The van der Waals surface area contributed by atoms with Crippen LogP contribution in [-0.2, 0) is 28.0 Å². The molecule has 2 aliphatic heterocycles. The van der Waals surface area contributed by atoms with E-state index in [1.54, 1.807) is 20.2 Å². The number of hydroxylamine groups is 1. The lowest BCUT2D eigenvalue weighted by Gasteiger charge is -2.42. The first-order valence-corrected chi connectivity index (χ1v) is 11.5. The minimum Gasteiger partial charge on any atom is -0.357 e. The molecule has 1 aromatic heterocycles. The van der Waals surface area contributed by atoms with Crippen LogP contribution in [0.25, 0.3) is 10.9 Å². The number of rotatable bonds is 3. The number of aromatic nitrogens is 1. The van der Waals surface area contributed by atoms with Crippen molar-refractivity contribution in [3.63, 3.8) is 0 Å². The number of benzene rings is 1. The zero-order chi connectivity index (χ0) is 23.2. The van der Waals surface area contributed by atoms with Crippen LogP contribution in [0.5, 0.6) is 0 Å². The molecule has 1 aromatic carbocycles. The largest absolute Gasteiger partial charge is 0.357 e. The molecule has 0 saturated carbocycles. The third kappa shape index (κ3) is 3.81. The normalized spacial score (nSPS) is 20.2. The highest BCUT2D eigenvalue weighted by molar-refractivity contribution is 7.86. The van der Waals surface area contributed by atoms with E-state index in [1.807, 2.05) is 0 Å². The van der Waals surface area contributed by atoms with E-state index in [-0.39, 0.29) is 44.6 Å². The van der Waals surface area contributed by atoms with Gasteiger partial charge in [-0.1, -0.05) is 0 Å².